The van der Waals surface area contributed by atoms with Gasteiger partial charge in [-0.1, -0.05) is 292 Å². The van der Waals surface area contributed by atoms with E-state index >= 15 is 0 Å². The van der Waals surface area contributed by atoms with Gasteiger partial charge in [-0.25, -0.2) is 9.13 Å². The minimum atomic E-state index is -4.95. The van der Waals surface area contributed by atoms with E-state index < -0.39 is 97.5 Å². The monoisotopic (exact) mass is 1300 g/mol. The van der Waals surface area contributed by atoms with Crippen molar-refractivity contribution in [1.29, 1.82) is 0 Å². The predicted molar refractivity (Wildman–Crippen MR) is 354 cm³/mol. The fourth-order valence-corrected chi connectivity index (χ4v) is 11.9. The van der Waals surface area contributed by atoms with E-state index in [9.17, 15) is 43.2 Å². The summed E-state index contributed by atoms with van der Waals surface area (Å²) in [6.45, 7) is 11.7. The van der Waals surface area contributed by atoms with Crippen LogP contribution in [0.3, 0.4) is 0 Å². The summed E-state index contributed by atoms with van der Waals surface area (Å²) in [6.07, 6.45) is 43.3. The van der Waals surface area contributed by atoms with Crippen molar-refractivity contribution in [2.75, 3.05) is 39.6 Å². The molecule has 0 heterocycles. The number of rotatable bonds is 67. The number of esters is 4. The van der Waals surface area contributed by atoms with Gasteiger partial charge in [0.25, 0.3) is 0 Å². The fraction of sp³-hybridized carbons (Fsp3) is 0.942. The molecule has 0 aromatic rings. The molecule has 19 heteroatoms. The second kappa shape index (κ2) is 60.0. The summed E-state index contributed by atoms with van der Waals surface area (Å²) in [5.41, 5.74) is 0. The van der Waals surface area contributed by atoms with Gasteiger partial charge in [-0.05, 0) is 43.4 Å². The van der Waals surface area contributed by atoms with Crippen molar-refractivity contribution >= 4 is 39.5 Å². The zero-order valence-electron chi connectivity index (χ0n) is 57.2. The van der Waals surface area contributed by atoms with Crippen LogP contribution in [0.15, 0.2) is 0 Å². The standard InChI is InChI=1S/C69H134O17P2/c1-8-11-12-13-14-15-16-17-18-19-20-21-22-23-24-27-38-45-52-68(73)85-64(56-79-66(71)50-43-36-28-25-26-33-40-47-60(4)5)58-83-87(75,76)81-54-63(70)55-82-88(77,78)84-59-65(86-69(74)53-46-39-32-30-35-42-49-62(7)10-3)57-80-67(72)51-44-37-31-29-34-41-48-61(6)9-2/h60-65,70H,8-59H2,1-7H3,(H,75,76)(H,77,78)/t61?,62?,63-,64-,65-/m1/s1. The Balaban J connectivity index is 5.21. The Bertz CT molecular complexity index is 1740. The first-order valence-electron chi connectivity index (χ1n) is 35.9. The van der Waals surface area contributed by atoms with Crippen LogP contribution in [0.4, 0.5) is 0 Å². The normalized spacial score (nSPS) is 14.9. The van der Waals surface area contributed by atoms with Crippen molar-refractivity contribution in [1.82, 2.24) is 0 Å². The fourth-order valence-electron chi connectivity index (χ4n) is 10.3. The molecule has 88 heavy (non-hydrogen) atoms. The summed E-state index contributed by atoms with van der Waals surface area (Å²) in [5, 5.41) is 10.6. The van der Waals surface area contributed by atoms with Crippen LogP contribution >= 0.6 is 15.6 Å². The Morgan fingerprint density at radius 2 is 0.580 bits per heavy atom. The molecule has 0 aromatic carbocycles. The minimum absolute atomic E-state index is 0.102. The van der Waals surface area contributed by atoms with E-state index in [0.717, 1.165) is 115 Å². The number of aliphatic hydroxyl groups is 1. The number of ether oxygens (including phenoxy) is 4. The van der Waals surface area contributed by atoms with E-state index in [1.807, 2.05) is 0 Å². The van der Waals surface area contributed by atoms with E-state index in [0.29, 0.717) is 31.6 Å². The van der Waals surface area contributed by atoms with Crippen molar-refractivity contribution in [3.8, 4) is 0 Å². The number of carbonyl (C=O) groups is 4. The zero-order chi connectivity index (χ0) is 65.2. The van der Waals surface area contributed by atoms with Crippen LogP contribution in [-0.4, -0.2) is 96.7 Å². The highest BCUT2D eigenvalue weighted by Crippen LogP contribution is 2.45. The number of hydrogen-bond donors (Lipinski definition) is 3. The summed E-state index contributed by atoms with van der Waals surface area (Å²) in [4.78, 5) is 72.4. The molecule has 0 saturated heterocycles. The lowest BCUT2D eigenvalue weighted by Gasteiger charge is -2.21. The van der Waals surface area contributed by atoms with Gasteiger partial charge < -0.3 is 33.8 Å². The average molecular weight is 1300 g/mol. The molecule has 0 saturated carbocycles. The van der Waals surface area contributed by atoms with Gasteiger partial charge in [0.05, 0.1) is 26.4 Å². The molecule has 0 radical (unpaired) electrons. The molecule has 4 unspecified atom stereocenters. The maximum Gasteiger partial charge on any atom is 0.472 e. The molecule has 7 atom stereocenters. The topological polar surface area (TPSA) is 237 Å². The van der Waals surface area contributed by atoms with Crippen LogP contribution < -0.4 is 0 Å². The van der Waals surface area contributed by atoms with Crippen LogP contribution in [0.25, 0.3) is 0 Å². The van der Waals surface area contributed by atoms with Gasteiger partial charge in [-0.2, -0.15) is 0 Å². The first kappa shape index (κ1) is 86.1. The number of aliphatic hydroxyl groups excluding tert-OH is 1. The molecular formula is C69H134O17P2. The highest BCUT2D eigenvalue weighted by molar-refractivity contribution is 7.47. The molecule has 0 aliphatic heterocycles. The third kappa shape index (κ3) is 60.3. The number of unbranched alkanes of at least 4 members (excludes halogenated alkanes) is 33. The van der Waals surface area contributed by atoms with Crippen molar-refractivity contribution in [3.05, 3.63) is 0 Å². The van der Waals surface area contributed by atoms with E-state index in [1.54, 1.807) is 0 Å². The molecule has 0 amide bonds. The van der Waals surface area contributed by atoms with Gasteiger partial charge in [-0.3, -0.25) is 37.3 Å². The molecule has 0 bridgehead atoms. The minimum Gasteiger partial charge on any atom is -0.462 e. The van der Waals surface area contributed by atoms with Crippen molar-refractivity contribution in [2.24, 2.45) is 17.8 Å². The molecule has 0 fully saturated rings. The molecule has 0 rings (SSSR count). The maximum absolute atomic E-state index is 13.0. The predicted octanol–water partition coefficient (Wildman–Crippen LogP) is 19.5. The Hall–Kier alpha value is -1.94. The quantitative estimate of drug-likeness (QED) is 0.0222. The second-order valence-electron chi connectivity index (χ2n) is 25.9. The Morgan fingerprint density at radius 3 is 0.864 bits per heavy atom. The van der Waals surface area contributed by atoms with Gasteiger partial charge in [0, 0.05) is 25.7 Å². The molecule has 522 valence electrons. The maximum atomic E-state index is 13.0. The Kier molecular flexibility index (Phi) is 58.7. The molecular weight excluding hydrogens is 1160 g/mol. The van der Waals surface area contributed by atoms with Gasteiger partial charge >= 0.3 is 39.5 Å². The lowest BCUT2D eigenvalue weighted by atomic mass is 10.00. The molecule has 3 N–H and O–H groups in total. The summed E-state index contributed by atoms with van der Waals surface area (Å²) >= 11 is 0. The van der Waals surface area contributed by atoms with Crippen LogP contribution in [0.5, 0.6) is 0 Å². The number of hydrogen-bond acceptors (Lipinski definition) is 15. The zero-order valence-corrected chi connectivity index (χ0v) is 59.0. The largest absolute Gasteiger partial charge is 0.472 e. The third-order valence-corrected chi connectivity index (χ3v) is 18.5. The van der Waals surface area contributed by atoms with E-state index in [4.69, 9.17) is 37.0 Å². The van der Waals surface area contributed by atoms with Crippen LogP contribution in [0.2, 0.25) is 0 Å². The van der Waals surface area contributed by atoms with Gasteiger partial charge in [0.1, 0.15) is 19.3 Å². The van der Waals surface area contributed by atoms with Gasteiger partial charge in [0.15, 0.2) is 12.2 Å². The Labute approximate surface area is 537 Å². The van der Waals surface area contributed by atoms with Crippen LogP contribution in [0.1, 0.15) is 344 Å². The Morgan fingerprint density at radius 1 is 0.330 bits per heavy atom. The van der Waals surface area contributed by atoms with Crippen LogP contribution in [-0.2, 0) is 65.4 Å². The average Bonchev–Trinajstić information content (AvgIpc) is 3.69. The summed E-state index contributed by atoms with van der Waals surface area (Å²) in [5.74, 6) is 0.0226. The number of phosphoric ester groups is 2. The highest BCUT2D eigenvalue weighted by atomic mass is 31.2. The van der Waals surface area contributed by atoms with E-state index in [-0.39, 0.29) is 25.7 Å². The van der Waals surface area contributed by atoms with Crippen molar-refractivity contribution in [2.45, 2.75) is 362 Å². The lowest BCUT2D eigenvalue weighted by Crippen LogP contribution is -2.30. The van der Waals surface area contributed by atoms with E-state index in [1.165, 1.54) is 141 Å². The van der Waals surface area contributed by atoms with Gasteiger partial charge in [-0.15, -0.1) is 0 Å². The SMILES string of the molecule is CCCCCCCCCCCCCCCCCCCCC(=O)O[C@H](COC(=O)CCCCCCCCCC(C)C)COP(=O)(O)OC[C@@H](O)COP(=O)(O)OC[C@@H](COC(=O)CCCCCCCCC(C)CC)OC(=O)CCCCCCCCC(C)CC. The third-order valence-electron chi connectivity index (χ3n) is 16.6. The second-order valence-corrected chi connectivity index (χ2v) is 28.8. The summed E-state index contributed by atoms with van der Waals surface area (Å²) < 4.78 is 68.2. The smallest absolute Gasteiger partial charge is 0.462 e. The highest BCUT2D eigenvalue weighted by Gasteiger charge is 2.30. The first-order chi connectivity index (χ1) is 42.3. The van der Waals surface area contributed by atoms with Crippen molar-refractivity contribution in [3.63, 3.8) is 0 Å². The van der Waals surface area contributed by atoms with Crippen molar-refractivity contribution < 1.29 is 80.2 Å². The van der Waals surface area contributed by atoms with Crippen LogP contribution in [0, 0.1) is 17.8 Å². The molecule has 0 spiro atoms. The molecule has 17 nitrogen and oxygen atoms in total. The van der Waals surface area contributed by atoms with Gasteiger partial charge in [0.2, 0.25) is 0 Å². The molecule has 0 aliphatic carbocycles. The number of carbonyl (C=O) groups excluding carboxylic acids is 4. The lowest BCUT2D eigenvalue weighted by molar-refractivity contribution is -0.161. The molecule has 0 aliphatic rings. The van der Waals surface area contributed by atoms with E-state index in [2.05, 4.69) is 48.5 Å². The number of phosphoric acid groups is 2. The summed E-state index contributed by atoms with van der Waals surface area (Å²) in [7, 11) is -9.90. The molecule has 0 aromatic heterocycles. The first-order valence-corrected chi connectivity index (χ1v) is 38.9. The summed E-state index contributed by atoms with van der Waals surface area (Å²) in [6, 6.07) is 0.